The number of benzene rings is 1. The van der Waals surface area contributed by atoms with Crippen LogP contribution in [0.4, 0.5) is 5.82 Å². The van der Waals surface area contributed by atoms with Gasteiger partial charge in [0.05, 0.1) is 5.52 Å². The minimum absolute atomic E-state index is 0.350. The van der Waals surface area contributed by atoms with Crippen molar-refractivity contribution in [1.82, 2.24) is 20.3 Å². The fraction of sp³-hybridized carbons (Fsp3) is 0.222. The van der Waals surface area contributed by atoms with Gasteiger partial charge in [-0.15, -0.1) is 0 Å². The van der Waals surface area contributed by atoms with Gasteiger partial charge >= 0.3 is 0 Å². The van der Waals surface area contributed by atoms with Crippen LogP contribution in [0.1, 0.15) is 0 Å². The number of carbonyl (C=O) groups is 1. The number of fused-ring (bicyclic) bond motifs is 1. The SMILES string of the molecule is NC(=O)[C@H]1CN(c2nc(-c3ccncc3)nc3ccccc23)CCN1. The number of pyridine rings is 1. The Morgan fingerprint density at radius 1 is 1.16 bits per heavy atom. The number of aromatic nitrogens is 3. The molecule has 3 heterocycles. The van der Waals surface area contributed by atoms with Gasteiger partial charge in [0.2, 0.25) is 5.91 Å². The van der Waals surface area contributed by atoms with Crippen LogP contribution in [0.3, 0.4) is 0 Å². The lowest BCUT2D eigenvalue weighted by Gasteiger charge is -2.33. The van der Waals surface area contributed by atoms with Gasteiger partial charge in [-0.05, 0) is 24.3 Å². The van der Waals surface area contributed by atoms with Crippen molar-refractivity contribution in [1.29, 1.82) is 0 Å². The minimum atomic E-state index is -0.383. The van der Waals surface area contributed by atoms with Gasteiger partial charge in [-0.2, -0.15) is 0 Å². The van der Waals surface area contributed by atoms with Crippen LogP contribution in [0.15, 0.2) is 48.8 Å². The lowest BCUT2D eigenvalue weighted by molar-refractivity contribution is -0.120. The second-order valence-corrected chi connectivity index (χ2v) is 5.98. The lowest BCUT2D eigenvalue weighted by atomic mass is 10.1. The third kappa shape index (κ3) is 3.01. The van der Waals surface area contributed by atoms with E-state index < -0.39 is 0 Å². The van der Waals surface area contributed by atoms with Gasteiger partial charge < -0.3 is 16.0 Å². The second-order valence-electron chi connectivity index (χ2n) is 5.98. The van der Waals surface area contributed by atoms with Gasteiger partial charge in [0.15, 0.2) is 5.82 Å². The van der Waals surface area contributed by atoms with Crippen LogP contribution in [-0.4, -0.2) is 46.5 Å². The van der Waals surface area contributed by atoms with Crippen molar-refractivity contribution in [3.05, 3.63) is 48.8 Å². The Labute approximate surface area is 144 Å². The van der Waals surface area contributed by atoms with Gasteiger partial charge in [-0.1, -0.05) is 12.1 Å². The van der Waals surface area contributed by atoms with Crippen LogP contribution >= 0.6 is 0 Å². The second kappa shape index (κ2) is 6.45. The largest absolute Gasteiger partial charge is 0.368 e. The molecule has 126 valence electrons. The molecule has 0 aliphatic carbocycles. The van der Waals surface area contributed by atoms with Gasteiger partial charge in [-0.3, -0.25) is 9.78 Å². The van der Waals surface area contributed by atoms with Crippen LogP contribution in [0.5, 0.6) is 0 Å². The Hall–Kier alpha value is -3.06. The fourth-order valence-electron chi connectivity index (χ4n) is 3.06. The highest BCUT2D eigenvalue weighted by atomic mass is 16.1. The summed E-state index contributed by atoms with van der Waals surface area (Å²) < 4.78 is 0. The van der Waals surface area contributed by atoms with E-state index in [0.717, 1.165) is 28.8 Å². The Balaban J connectivity index is 1.83. The topological polar surface area (TPSA) is 97.0 Å². The van der Waals surface area contributed by atoms with Crippen LogP contribution in [0.2, 0.25) is 0 Å². The molecule has 3 N–H and O–H groups in total. The number of carbonyl (C=O) groups excluding carboxylic acids is 1. The number of anilines is 1. The molecule has 7 nitrogen and oxygen atoms in total. The number of hydrogen-bond acceptors (Lipinski definition) is 6. The predicted octanol–water partition coefficient (Wildman–Crippen LogP) is 0.955. The van der Waals surface area contributed by atoms with E-state index in [2.05, 4.69) is 20.2 Å². The van der Waals surface area contributed by atoms with E-state index >= 15 is 0 Å². The molecular weight excluding hydrogens is 316 g/mol. The summed E-state index contributed by atoms with van der Waals surface area (Å²) in [6.07, 6.45) is 3.45. The highest BCUT2D eigenvalue weighted by molar-refractivity contribution is 5.91. The molecule has 7 heteroatoms. The Morgan fingerprint density at radius 3 is 2.76 bits per heavy atom. The third-order valence-corrected chi connectivity index (χ3v) is 4.34. The fourth-order valence-corrected chi connectivity index (χ4v) is 3.06. The van der Waals surface area contributed by atoms with E-state index in [0.29, 0.717) is 18.9 Å². The van der Waals surface area contributed by atoms with E-state index in [-0.39, 0.29) is 11.9 Å². The Bertz CT molecular complexity index is 914. The van der Waals surface area contributed by atoms with Gasteiger partial charge in [-0.25, -0.2) is 9.97 Å². The monoisotopic (exact) mass is 334 g/mol. The molecule has 1 saturated heterocycles. The molecule has 0 radical (unpaired) electrons. The van der Waals surface area contributed by atoms with Crippen molar-refractivity contribution < 1.29 is 4.79 Å². The zero-order valence-electron chi connectivity index (χ0n) is 13.6. The molecule has 1 aliphatic rings. The van der Waals surface area contributed by atoms with Gasteiger partial charge in [0, 0.05) is 43.0 Å². The summed E-state index contributed by atoms with van der Waals surface area (Å²) in [5.41, 5.74) is 7.25. The molecule has 1 fully saturated rings. The molecule has 1 aromatic carbocycles. The molecule has 25 heavy (non-hydrogen) atoms. The maximum Gasteiger partial charge on any atom is 0.236 e. The summed E-state index contributed by atoms with van der Waals surface area (Å²) in [5.74, 6) is 1.12. The molecule has 4 rings (SSSR count). The maximum atomic E-state index is 11.6. The number of primary amides is 1. The van der Waals surface area contributed by atoms with E-state index in [1.165, 1.54) is 0 Å². The Kier molecular flexibility index (Phi) is 3.99. The first kappa shape index (κ1) is 15.5. The number of piperazine rings is 1. The standard InChI is InChI=1S/C18H18N6O/c19-16(25)15-11-24(10-9-21-15)18-13-3-1-2-4-14(13)22-17(23-18)12-5-7-20-8-6-12/h1-8,15,21H,9-11H2,(H2,19,25)/t15-/m1/s1. The van der Waals surface area contributed by atoms with E-state index in [1.807, 2.05) is 36.4 Å². The summed E-state index contributed by atoms with van der Waals surface area (Å²) in [7, 11) is 0. The van der Waals surface area contributed by atoms with Crippen LogP contribution in [0, 0.1) is 0 Å². The first-order valence-electron chi connectivity index (χ1n) is 8.17. The lowest BCUT2D eigenvalue weighted by Crippen LogP contribution is -2.56. The molecular formula is C18H18N6O. The van der Waals surface area contributed by atoms with E-state index in [9.17, 15) is 4.79 Å². The average Bonchev–Trinajstić information content (AvgIpc) is 2.68. The summed E-state index contributed by atoms with van der Waals surface area (Å²) in [4.78, 5) is 27.2. The predicted molar refractivity (Wildman–Crippen MR) is 96.0 cm³/mol. The van der Waals surface area contributed by atoms with Crippen molar-refractivity contribution in [3.63, 3.8) is 0 Å². The van der Waals surface area contributed by atoms with Crippen molar-refractivity contribution >= 4 is 22.6 Å². The van der Waals surface area contributed by atoms with Crippen molar-refractivity contribution in [3.8, 4) is 11.4 Å². The summed E-state index contributed by atoms with van der Waals surface area (Å²) in [6, 6.07) is 11.3. The summed E-state index contributed by atoms with van der Waals surface area (Å²) >= 11 is 0. The van der Waals surface area contributed by atoms with Crippen LogP contribution in [-0.2, 0) is 4.79 Å². The zero-order chi connectivity index (χ0) is 17.2. The van der Waals surface area contributed by atoms with Crippen molar-refractivity contribution in [2.45, 2.75) is 6.04 Å². The molecule has 0 unspecified atom stereocenters. The number of para-hydroxylation sites is 1. The maximum absolute atomic E-state index is 11.6. The number of rotatable bonds is 3. The molecule has 1 atom stereocenters. The Morgan fingerprint density at radius 2 is 1.96 bits per heavy atom. The summed E-state index contributed by atoms with van der Waals surface area (Å²) in [6.45, 7) is 1.92. The number of nitrogens with zero attached hydrogens (tertiary/aromatic N) is 4. The van der Waals surface area contributed by atoms with E-state index in [4.69, 9.17) is 10.7 Å². The average molecular weight is 334 g/mol. The highest BCUT2D eigenvalue weighted by Gasteiger charge is 2.26. The quantitative estimate of drug-likeness (QED) is 0.740. The van der Waals surface area contributed by atoms with Crippen LogP contribution in [0.25, 0.3) is 22.3 Å². The van der Waals surface area contributed by atoms with Gasteiger partial charge in [0.1, 0.15) is 11.9 Å². The zero-order valence-corrected chi connectivity index (χ0v) is 13.6. The summed E-state index contributed by atoms with van der Waals surface area (Å²) in [5, 5.41) is 4.11. The first-order valence-corrected chi connectivity index (χ1v) is 8.17. The molecule has 1 aliphatic heterocycles. The molecule has 0 saturated carbocycles. The molecule has 0 spiro atoms. The number of nitrogens with one attached hydrogen (secondary N) is 1. The van der Waals surface area contributed by atoms with Crippen LogP contribution < -0.4 is 16.0 Å². The first-order chi connectivity index (χ1) is 12.2. The van der Waals surface area contributed by atoms with E-state index in [1.54, 1.807) is 12.4 Å². The number of nitrogens with two attached hydrogens (primary N) is 1. The normalized spacial score (nSPS) is 17.6. The van der Waals surface area contributed by atoms with Gasteiger partial charge in [0.25, 0.3) is 0 Å². The molecule has 2 aromatic heterocycles. The molecule has 1 amide bonds. The third-order valence-electron chi connectivity index (χ3n) is 4.34. The highest BCUT2D eigenvalue weighted by Crippen LogP contribution is 2.27. The molecule has 0 bridgehead atoms. The van der Waals surface area contributed by atoms with Crippen molar-refractivity contribution in [2.75, 3.05) is 24.5 Å². The number of amides is 1. The van der Waals surface area contributed by atoms with Crippen molar-refractivity contribution in [2.24, 2.45) is 5.73 Å². The molecule has 3 aromatic rings. The number of hydrogen-bond donors (Lipinski definition) is 2. The minimum Gasteiger partial charge on any atom is -0.368 e. The smallest absolute Gasteiger partial charge is 0.236 e.